The number of nitrogens with two attached hydrogens (primary N) is 1. The van der Waals surface area contributed by atoms with E-state index >= 15 is 0 Å². The number of Topliss-reactive ketones (excluding diaryl/α,β-unsaturated/α-hetero) is 1. The highest BCUT2D eigenvalue weighted by molar-refractivity contribution is 6.02. The van der Waals surface area contributed by atoms with Crippen LogP contribution in [0.5, 0.6) is 0 Å². The van der Waals surface area contributed by atoms with Crippen LogP contribution in [0, 0.1) is 11.8 Å². The molecule has 3 aliphatic rings. The number of nitrogens with one attached hydrogen (secondary N) is 2. The predicted octanol–water partition coefficient (Wildman–Crippen LogP) is 4.09. The molecule has 9 heteroatoms. The van der Waals surface area contributed by atoms with Gasteiger partial charge in [-0.15, -0.1) is 0 Å². The number of primary amides is 1. The number of anilines is 3. The molecule has 9 nitrogen and oxygen atoms in total. The van der Waals surface area contributed by atoms with Crippen LogP contribution >= 0.6 is 0 Å². The van der Waals surface area contributed by atoms with Gasteiger partial charge in [0.15, 0.2) is 5.78 Å². The van der Waals surface area contributed by atoms with Crippen molar-refractivity contribution in [2.75, 3.05) is 16.8 Å². The summed E-state index contributed by atoms with van der Waals surface area (Å²) in [5.74, 6) is 1.01. The highest BCUT2D eigenvalue weighted by atomic mass is 16.2. The van der Waals surface area contributed by atoms with Gasteiger partial charge in [-0.1, -0.05) is 0 Å². The molecule has 39 heavy (non-hydrogen) atoms. The van der Waals surface area contributed by atoms with E-state index in [1.54, 1.807) is 48.9 Å². The molecule has 2 aliphatic carbocycles. The number of hydrogen-bond acceptors (Lipinski definition) is 7. The summed E-state index contributed by atoms with van der Waals surface area (Å²) in [5, 5.41) is 6.39. The number of carbonyl (C=O) groups excluding carboxylic acids is 3. The minimum absolute atomic E-state index is 0.0382. The zero-order chi connectivity index (χ0) is 26.9. The number of hydrogen-bond donors (Lipinski definition) is 3. The molecule has 3 unspecified atom stereocenters. The molecule has 200 valence electrons. The van der Waals surface area contributed by atoms with Crippen LogP contribution in [0.3, 0.4) is 0 Å². The van der Waals surface area contributed by atoms with E-state index in [-0.39, 0.29) is 23.7 Å². The lowest BCUT2D eigenvalue weighted by Gasteiger charge is -2.38. The highest BCUT2D eigenvalue weighted by Gasteiger charge is 2.41. The average Bonchev–Trinajstić information content (AvgIpc) is 3.72. The van der Waals surface area contributed by atoms with Crippen molar-refractivity contribution < 1.29 is 14.4 Å². The third kappa shape index (κ3) is 5.34. The van der Waals surface area contributed by atoms with Gasteiger partial charge in [-0.25, -0.2) is 4.98 Å². The lowest BCUT2D eigenvalue weighted by Crippen LogP contribution is -2.43. The average molecular weight is 525 g/mol. The Labute approximate surface area is 227 Å². The van der Waals surface area contributed by atoms with Crippen LogP contribution in [0.1, 0.15) is 69.6 Å². The second-order valence-corrected chi connectivity index (χ2v) is 10.8. The first-order valence-electron chi connectivity index (χ1n) is 13.6. The lowest BCUT2D eigenvalue weighted by molar-refractivity contribution is 0.0933. The number of rotatable bonds is 8. The molecule has 0 bridgehead atoms. The SMILES string of the molecule is NC(=O)c1ccc(C(=O)NC2CC3CCCN(c4ccc(C(=O)C5CC5)cn4)C3C2)cc1Nc1ccncc1. The maximum Gasteiger partial charge on any atom is 0.251 e. The summed E-state index contributed by atoms with van der Waals surface area (Å²) in [6.45, 7) is 0.920. The van der Waals surface area contributed by atoms with Gasteiger partial charge in [0.1, 0.15) is 5.82 Å². The summed E-state index contributed by atoms with van der Waals surface area (Å²) < 4.78 is 0. The van der Waals surface area contributed by atoms with Crippen molar-refractivity contribution in [2.24, 2.45) is 17.6 Å². The maximum absolute atomic E-state index is 13.3. The number of carbonyl (C=O) groups is 3. The molecule has 0 radical (unpaired) electrons. The Morgan fingerprint density at radius 3 is 2.46 bits per heavy atom. The fraction of sp³-hybridized carbons (Fsp3) is 0.367. The number of nitrogens with zero attached hydrogens (tertiary/aromatic N) is 3. The molecule has 1 aliphatic heterocycles. The van der Waals surface area contributed by atoms with Crippen molar-refractivity contribution in [2.45, 2.75) is 50.6 Å². The zero-order valence-corrected chi connectivity index (χ0v) is 21.7. The van der Waals surface area contributed by atoms with Crippen LogP contribution in [-0.2, 0) is 0 Å². The van der Waals surface area contributed by atoms with Gasteiger partial charge in [0.25, 0.3) is 11.8 Å². The van der Waals surface area contributed by atoms with Gasteiger partial charge in [0, 0.05) is 60.0 Å². The molecular weight excluding hydrogens is 492 g/mol. The molecule has 2 saturated carbocycles. The number of aromatic nitrogens is 2. The highest BCUT2D eigenvalue weighted by Crippen LogP contribution is 2.39. The summed E-state index contributed by atoms with van der Waals surface area (Å²) in [6.07, 6.45) is 10.9. The molecule has 3 fully saturated rings. The third-order valence-corrected chi connectivity index (χ3v) is 8.15. The van der Waals surface area contributed by atoms with Crippen molar-refractivity contribution >= 4 is 34.8 Å². The van der Waals surface area contributed by atoms with Gasteiger partial charge in [0.05, 0.1) is 11.3 Å². The predicted molar refractivity (Wildman–Crippen MR) is 148 cm³/mol. The van der Waals surface area contributed by atoms with E-state index in [0.717, 1.165) is 56.6 Å². The number of amides is 2. The molecule has 2 amide bonds. The van der Waals surface area contributed by atoms with Crippen molar-refractivity contribution in [1.29, 1.82) is 0 Å². The number of benzene rings is 1. The van der Waals surface area contributed by atoms with Crippen LogP contribution in [0.15, 0.2) is 61.1 Å². The second kappa shape index (κ2) is 10.5. The molecule has 3 aromatic rings. The topological polar surface area (TPSA) is 130 Å². The van der Waals surface area contributed by atoms with Crippen LogP contribution < -0.4 is 21.3 Å². The molecule has 4 N–H and O–H groups in total. The van der Waals surface area contributed by atoms with E-state index in [2.05, 4.69) is 25.5 Å². The molecule has 6 rings (SSSR count). The summed E-state index contributed by atoms with van der Waals surface area (Å²) in [5.41, 5.74) is 8.26. The van der Waals surface area contributed by atoms with Gasteiger partial charge in [0.2, 0.25) is 0 Å². The Hall–Kier alpha value is -4.27. The number of ketones is 1. The van der Waals surface area contributed by atoms with Crippen molar-refractivity contribution in [1.82, 2.24) is 15.3 Å². The summed E-state index contributed by atoms with van der Waals surface area (Å²) >= 11 is 0. The van der Waals surface area contributed by atoms with Crippen LogP contribution in [0.4, 0.5) is 17.2 Å². The Morgan fingerprint density at radius 2 is 1.74 bits per heavy atom. The molecule has 3 atom stereocenters. The lowest BCUT2D eigenvalue weighted by atomic mass is 9.92. The molecule has 1 saturated heterocycles. The molecule has 0 spiro atoms. The maximum atomic E-state index is 13.3. The summed E-state index contributed by atoms with van der Waals surface area (Å²) in [7, 11) is 0. The Morgan fingerprint density at radius 1 is 0.949 bits per heavy atom. The van der Waals surface area contributed by atoms with Gasteiger partial charge in [-0.3, -0.25) is 19.4 Å². The standard InChI is InChI=1S/C30H32N6O3/c31-29(38)24-7-5-20(15-25(24)34-22-9-11-32-12-10-22)30(39)35-23-14-19-2-1-13-36(26(19)16-23)27-8-6-21(17-33-27)28(37)18-3-4-18/h5-12,15,17-19,23,26H,1-4,13-14,16H2,(H2,31,38)(H,32,34)(H,35,39). The fourth-order valence-electron chi connectivity index (χ4n) is 6.03. The zero-order valence-electron chi connectivity index (χ0n) is 21.7. The van der Waals surface area contributed by atoms with Crippen LogP contribution in [0.2, 0.25) is 0 Å². The van der Waals surface area contributed by atoms with E-state index in [1.807, 2.05) is 12.1 Å². The largest absolute Gasteiger partial charge is 0.366 e. The summed E-state index contributed by atoms with van der Waals surface area (Å²) in [6, 6.07) is 12.6. The van der Waals surface area contributed by atoms with Crippen LogP contribution in [0.25, 0.3) is 0 Å². The van der Waals surface area contributed by atoms with Crippen molar-refractivity contribution in [3.63, 3.8) is 0 Å². The first-order chi connectivity index (χ1) is 19.0. The van der Waals surface area contributed by atoms with Gasteiger partial charge >= 0.3 is 0 Å². The molecule has 2 aromatic heterocycles. The van der Waals surface area contributed by atoms with Crippen molar-refractivity contribution in [3.05, 3.63) is 77.7 Å². The number of pyridine rings is 2. The molecule has 1 aromatic carbocycles. The van der Waals surface area contributed by atoms with E-state index in [9.17, 15) is 14.4 Å². The quantitative estimate of drug-likeness (QED) is 0.378. The minimum atomic E-state index is -0.572. The second-order valence-electron chi connectivity index (χ2n) is 10.8. The normalized spacial score (nSPS) is 22.2. The molecular formula is C30H32N6O3. The monoisotopic (exact) mass is 524 g/mol. The van der Waals surface area contributed by atoms with E-state index in [0.29, 0.717) is 34.3 Å². The Bertz CT molecular complexity index is 1390. The van der Waals surface area contributed by atoms with Gasteiger partial charge in [-0.2, -0.15) is 0 Å². The minimum Gasteiger partial charge on any atom is -0.366 e. The smallest absolute Gasteiger partial charge is 0.251 e. The van der Waals surface area contributed by atoms with E-state index in [1.165, 1.54) is 0 Å². The first-order valence-corrected chi connectivity index (χ1v) is 13.6. The number of fused-ring (bicyclic) bond motifs is 1. The third-order valence-electron chi connectivity index (χ3n) is 8.15. The van der Waals surface area contributed by atoms with Gasteiger partial charge in [-0.05, 0) is 86.9 Å². The number of piperidine rings is 1. The van der Waals surface area contributed by atoms with Crippen molar-refractivity contribution in [3.8, 4) is 0 Å². The van der Waals surface area contributed by atoms with E-state index in [4.69, 9.17) is 5.73 Å². The molecule has 3 heterocycles. The van der Waals surface area contributed by atoms with E-state index < -0.39 is 5.91 Å². The fourth-order valence-corrected chi connectivity index (χ4v) is 6.03. The van der Waals surface area contributed by atoms with Gasteiger partial charge < -0.3 is 21.3 Å². The Kier molecular flexibility index (Phi) is 6.72. The first kappa shape index (κ1) is 25.0. The Balaban J connectivity index is 1.14. The summed E-state index contributed by atoms with van der Waals surface area (Å²) in [4.78, 5) is 48.7. The van der Waals surface area contributed by atoms with Crippen LogP contribution in [-0.4, -0.2) is 46.2 Å².